The van der Waals surface area contributed by atoms with E-state index in [-0.39, 0.29) is 24.0 Å². The number of carbonyl (C=O) groups is 2. The number of nitrogens with zero attached hydrogens (tertiary/aromatic N) is 1. The van der Waals surface area contributed by atoms with Crippen LogP contribution in [0.5, 0.6) is 11.5 Å². The van der Waals surface area contributed by atoms with Gasteiger partial charge in [0.1, 0.15) is 17.3 Å². The van der Waals surface area contributed by atoms with E-state index in [2.05, 4.69) is 0 Å². The first-order valence-corrected chi connectivity index (χ1v) is 11.5. The second kappa shape index (κ2) is 10.1. The van der Waals surface area contributed by atoms with Gasteiger partial charge < -0.3 is 19.5 Å². The molecule has 1 saturated heterocycles. The summed E-state index contributed by atoms with van der Waals surface area (Å²) in [4.78, 5) is 28.1. The number of para-hydroxylation sites is 1. The Balaban J connectivity index is 1.82. The fraction of sp³-hybridized carbons (Fsp3) is 0.241. The van der Waals surface area contributed by atoms with Crippen LogP contribution in [0.1, 0.15) is 42.1 Å². The first kappa shape index (κ1) is 24.1. The van der Waals surface area contributed by atoms with Crippen LogP contribution < -0.4 is 9.47 Å². The number of aryl methyl sites for hydroxylation is 1. The summed E-state index contributed by atoms with van der Waals surface area (Å²) in [6, 6.07) is 21.1. The Bertz CT molecular complexity index is 1280. The number of aliphatic hydroxyl groups is 1. The number of rotatable bonds is 7. The van der Waals surface area contributed by atoms with Crippen LogP contribution in [0.2, 0.25) is 0 Å². The van der Waals surface area contributed by atoms with Crippen LogP contribution in [0.15, 0.2) is 78.4 Å². The Labute approximate surface area is 205 Å². The van der Waals surface area contributed by atoms with Crippen LogP contribution in [0.3, 0.4) is 0 Å². The van der Waals surface area contributed by atoms with Crippen molar-refractivity contribution in [2.24, 2.45) is 0 Å². The Hall–Kier alpha value is -4.06. The topological polar surface area (TPSA) is 76.1 Å². The molecule has 1 heterocycles. The molecule has 1 amide bonds. The van der Waals surface area contributed by atoms with E-state index in [1.54, 1.807) is 31.4 Å². The molecule has 0 radical (unpaired) electrons. The van der Waals surface area contributed by atoms with Gasteiger partial charge in [0, 0.05) is 11.1 Å². The first-order valence-electron chi connectivity index (χ1n) is 11.5. The molecule has 0 bridgehead atoms. The van der Waals surface area contributed by atoms with E-state index in [0.717, 1.165) is 16.7 Å². The highest BCUT2D eigenvalue weighted by atomic mass is 16.5. The van der Waals surface area contributed by atoms with Gasteiger partial charge in [0.2, 0.25) is 0 Å². The van der Waals surface area contributed by atoms with Crippen molar-refractivity contribution in [1.29, 1.82) is 0 Å². The lowest BCUT2D eigenvalue weighted by Crippen LogP contribution is -2.29. The van der Waals surface area contributed by atoms with Gasteiger partial charge in [-0.1, -0.05) is 48.0 Å². The number of ketones is 1. The van der Waals surface area contributed by atoms with E-state index in [0.29, 0.717) is 17.1 Å². The van der Waals surface area contributed by atoms with Crippen molar-refractivity contribution in [3.63, 3.8) is 0 Å². The zero-order valence-corrected chi connectivity index (χ0v) is 20.3. The van der Waals surface area contributed by atoms with E-state index in [1.165, 1.54) is 4.90 Å². The highest BCUT2D eigenvalue weighted by Gasteiger charge is 2.46. The highest BCUT2D eigenvalue weighted by Crippen LogP contribution is 2.41. The van der Waals surface area contributed by atoms with Crippen LogP contribution in [-0.2, 0) is 16.1 Å². The molecule has 6 nitrogen and oxygen atoms in total. The molecule has 0 spiro atoms. The SMILES string of the molecule is COc1ccccc1CN1C(=O)C(=O)/C(=C(\O)c2ccc(OC(C)C)cc2)C1c1cccc(C)c1. The van der Waals surface area contributed by atoms with E-state index in [4.69, 9.17) is 9.47 Å². The van der Waals surface area contributed by atoms with Crippen LogP contribution in [0, 0.1) is 6.92 Å². The predicted molar refractivity (Wildman–Crippen MR) is 134 cm³/mol. The zero-order chi connectivity index (χ0) is 25.1. The summed E-state index contributed by atoms with van der Waals surface area (Å²) in [5, 5.41) is 11.3. The minimum absolute atomic E-state index is 0.0102. The third kappa shape index (κ3) is 4.92. The number of hydrogen-bond donors (Lipinski definition) is 1. The molecule has 4 rings (SSSR count). The number of carbonyl (C=O) groups excluding carboxylic acids is 2. The van der Waals surface area contributed by atoms with E-state index < -0.39 is 17.7 Å². The summed E-state index contributed by atoms with van der Waals surface area (Å²) in [7, 11) is 1.57. The second-order valence-corrected chi connectivity index (χ2v) is 8.84. The minimum atomic E-state index is -0.744. The summed E-state index contributed by atoms with van der Waals surface area (Å²) >= 11 is 0. The summed E-state index contributed by atoms with van der Waals surface area (Å²) in [5.74, 6) is -0.315. The smallest absolute Gasteiger partial charge is 0.295 e. The lowest BCUT2D eigenvalue weighted by atomic mass is 9.94. The molecule has 3 aromatic carbocycles. The normalized spacial score (nSPS) is 17.2. The first-order chi connectivity index (χ1) is 16.8. The molecular weight excluding hydrogens is 442 g/mol. The number of likely N-dealkylation sites (tertiary alicyclic amines) is 1. The standard InChI is InChI=1S/C29H29NO5/c1-18(2)35-23-14-12-20(13-15-23)27(31)25-26(21-10-7-8-19(3)16-21)30(29(33)28(25)32)17-22-9-5-6-11-24(22)34-4/h5-16,18,26,31H,17H2,1-4H3/b27-25-. The van der Waals surface area contributed by atoms with Crippen molar-refractivity contribution in [2.75, 3.05) is 7.11 Å². The maximum Gasteiger partial charge on any atom is 0.295 e. The molecule has 1 atom stereocenters. The largest absolute Gasteiger partial charge is 0.507 e. The number of ether oxygens (including phenoxy) is 2. The molecule has 180 valence electrons. The zero-order valence-electron chi connectivity index (χ0n) is 20.3. The highest BCUT2D eigenvalue weighted by molar-refractivity contribution is 6.46. The molecule has 3 aromatic rings. The van der Waals surface area contributed by atoms with Gasteiger partial charge in [-0.15, -0.1) is 0 Å². The van der Waals surface area contributed by atoms with E-state index in [9.17, 15) is 14.7 Å². The molecular formula is C29H29NO5. The molecule has 1 N–H and O–H groups in total. The van der Waals surface area contributed by atoms with Gasteiger partial charge in [-0.25, -0.2) is 0 Å². The molecule has 6 heteroatoms. The molecule has 0 aromatic heterocycles. The van der Waals surface area contributed by atoms with Gasteiger partial charge in [0.25, 0.3) is 11.7 Å². The summed E-state index contributed by atoms with van der Waals surface area (Å²) in [5.41, 5.74) is 3.01. The van der Waals surface area contributed by atoms with Gasteiger partial charge in [0.05, 0.1) is 31.4 Å². The molecule has 1 aliphatic rings. The third-order valence-electron chi connectivity index (χ3n) is 5.93. The molecule has 0 saturated carbocycles. The van der Waals surface area contributed by atoms with Crippen molar-refractivity contribution in [3.05, 3.63) is 101 Å². The summed E-state index contributed by atoms with van der Waals surface area (Å²) in [6.07, 6.45) is 0.0102. The van der Waals surface area contributed by atoms with Gasteiger partial charge >= 0.3 is 0 Å². The van der Waals surface area contributed by atoms with E-state index in [1.807, 2.05) is 69.3 Å². The van der Waals surface area contributed by atoms with Crippen molar-refractivity contribution < 1.29 is 24.2 Å². The van der Waals surface area contributed by atoms with Gasteiger partial charge in [-0.2, -0.15) is 0 Å². The molecule has 35 heavy (non-hydrogen) atoms. The maximum atomic E-state index is 13.3. The Morgan fingerprint density at radius 2 is 1.71 bits per heavy atom. The molecule has 1 fully saturated rings. The van der Waals surface area contributed by atoms with Crippen LogP contribution >= 0.6 is 0 Å². The number of benzene rings is 3. The average molecular weight is 472 g/mol. The molecule has 1 unspecified atom stereocenters. The van der Waals surface area contributed by atoms with E-state index >= 15 is 0 Å². The molecule has 1 aliphatic heterocycles. The van der Waals surface area contributed by atoms with Crippen LogP contribution in [0.4, 0.5) is 0 Å². The molecule has 0 aliphatic carbocycles. The minimum Gasteiger partial charge on any atom is -0.507 e. The third-order valence-corrected chi connectivity index (χ3v) is 5.93. The fourth-order valence-corrected chi connectivity index (χ4v) is 4.37. The Morgan fingerprint density at radius 3 is 2.37 bits per heavy atom. The monoisotopic (exact) mass is 471 g/mol. The van der Waals surface area contributed by atoms with Crippen molar-refractivity contribution in [2.45, 2.75) is 39.5 Å². The Morgan fingerprint density at radius 1 is 1.00 bits per heavy atom. The summed E-state index contributed by atoms with van der Waals surface area (Å²) in [6.45, 7) is 5.96. The van der Waals surface area contributed by atoms with Gasteiger partial charge in [-0.3, -0.25) is 9.59 Å². The number of amides is 1. The van der Waals surface area contributed by atoms with Crippen LogP contribution in [-0.4, -0.2) is 34.9 Å². The van der Waals surface area contributed by atoms with Crippen LogP contribution in [0.25, 0.3) is 5.76 Å². The fourth-order valence-electron chi connectivity index (χ4n) is 4.37. The average Bonchev–Trinajstić information content (AvgIpc) is 3.09. The van der Waals surface area contributed by atoms with Crippen molar-refractivity contribution >= 4 is 17.4 Å². The van der Waals surface area contributed by atoms with Gasteiger partial charge in [0.15, 0.2) is 0 Å². The lowest BCUT2D eigenvalue weighted by molar-refractivity contribution is -0.140. The maximum absolute atomic E-state index is 13.3. The number of aliphatic hydroxyl groups excluding tert-OH is 1. The number of hydrogen-bond acceptors (Lipinski definition) is 5. The lowest BCUT2D eigenvalue weighted by Gasteiger charge is -2.26. The number of Topliss-reactive ketones (excluding diaryl/α,β-unsaturated/α-hetero) is 1. The second-order valence-electron chi connectivity index (χ2n) is 8.84. The quantitative estimate of drug-likeness (QED) is 0.283. The van der Waals surface area contributed by atoms with Crippen molar-refractivity contribution in [1.82, 2.24) is 4.90 Å². The Kier molecular flexibility index (Phi) is 6.92. The van der Waals surface area contributed by atoms with Gasteiger partial charge in [-0.05, 0) is 56.7 Å². The predicted octanol–water partition coefficient (Wildman–Crippen LogP) is 5.41. The number of methoxy groups -OCH3 is 1. The van der Waals surface area contributed by atoms with Crippen molar-refractivity contribution in [3.8, 4) is 11.5 Å². The summed E-state index contributed by atoms with van der Waals surface area (Å²) < 4.78 is 11.1.